The summed E-state index contributed by atoms with van der Waals surface area (Å²) in [5.74, 6) is -0.0839. The third kappa shape index (κ3) is 1.57. The van der Waals surface area contributed by atoms with E-state index < -0.39 is 10.0 Å². The van der Waals surface area contributed by atoms with Crippen molar-refractivity contribution in [1.82, 2.24) is 4.72 Å². The number of carbonyl (C=O) groups excluding carboxylic acids is 1. The fourth-order valence-corrected chi connectivity index (χ4v) is 2.80. The van der Waals surface area contributed by atoms with Gasteiger partial charge in [-0.2, -0.15) is 0 Å². The minimum absolute atomic E-state index is 0.0839. The highest BCUT2D eigenvalue weighted by Crippen LogP contribution is 2.27. The standard InChI is InChI=1S/C10H11NO3S/c1-11-15(13,14)9-4-2-3-7-5-6-8(12)10(7)9/h2-4,11H,5-6H2,1H3. The van der Waals surface area contributed by atoms with Crippen molar-refractivity contribution in [2.75, 3.05) is 7.05 Å². The van der Waals surface area contributed by atoms with E-state index in [1.165, 1.54) is 13.1 Å². The predicted octanol–water partition coefficient (Wildman–Crippen LogP) is 0.724. The monoisotopic (exact) mass is 225 g/mol. The van der Waals surface area contributed by atoms with E-state index in [0.717, 1.165) is 5.56 Å². The molecule has 0 radical (unpaired) electrons. The quantitative estimate of drug-likeness (QED) is 0.806. The Morgan fingerprint density at radius 1 is 1.27 bits per heavy atom. The molecular weight excluding hydrogens is 214 g/mol. The highest BCUT2D eigenvalue weighted by molar-refractivity contribution is 7.89. The number of sulfonamides is 1. The first-order chi connectivity index (χ1) is 7.06. The van der Waals surface area contributed by atoms with Crippen LogP contribution in [0.5, 0.6) is 0 Å². The number of hydrogen-bond donors (Lipinski definition) is 1. The number of rotatable bonds is 2. The molecule has 1 aliphatic rings. The Labute approximate surface area is 88.4 Å². The van der Waals surface area contributed by atoms with Crippen molar-refractivity contribution in [3.05, 3.63) is 29.3 Å². The molecule has 0 aliphatic heterocycles. The fourth-order valence-electron chi connectivity index (χ4n) is 1.81. The summed E-state index contributed by atoms with van der Waals surface area (Å²) in [6.07, 6.45) is 1.05. The molecule has 0 bridgehead atoms. The summed E-state index contributed by atoms with van der Waals surface area (Å²) < 4.78 is 25.5. The van der Waals surface area contributed by atoms with E-state index in [1.54, 1.807) is 12.1 Å². The lowest BCUT2D eigenvalue weighted by Crippen LogP contribution is -2.20. The molecule has 5 heteroatoms. The summed E-state index contributed by atoms with van der Waals surface area (Å²) in [4.78, 5) is 11.7. The number of hydrogen-bond acceptors (Lipinski definition) is 3. The number of benzene rings is 1. The highest BCUT2D eigenvalue weighted by Gasteiger charge is 2.27. The van der Waals surface area contributed by atoms with Gasteiger partial charge in [0.15, 0.2) is 5.78 Å². The van der Waals surface area contributed by atoms with Gasteiger partial charge in [-0.15, -0.1) is 0 Å². The molecule has 15 heavy (non-hydrogen) atoms. The van der Waals surface area contributed by atoms with Crippen LogP contribution < -0.4 is 4.72 Å². The molecule has 0 amide bonds. The van der Waals surface area contributed by atoms with Crippen molar-refractivity contribution in [2.45, 2.75) is 17.7 Å². The normalized spacial score (nSPS) is 15.4. The molecule has 0 heterocycles. The Morgan fingerprint density at radius 3 is 2.67 bits per heavy atom. The molecule has 80 valence electrons. The maximum atomic E-state index is 11.6. The van der Waals surface area contributed by atoms with Gasteiger partial charge in [-0.05, 0) is 25.1 Å². The van der Waals surface area contributed by atoms with E-state index >= 15 is 0 Å². The van der Waals surface area contributed by atoms with Gasteiger partial charge in [-0.1, -0.05) is 12.1 Å². The van der Waals surface area contributed by atoms with Crippen LogP contribution in [0.3, 0.4) is 0 Å². The maximum absolute atomic E-state index is 11.6. The minimum Gasteiger partial charge on any atom is -0.294 e. The van der Waals surface area contributed by atoms with E-state index in [9.17, 15) is 13.2 Å². The Balaban J connectivity index is 2.70. The second-order valence-corrected chi connectivity index (χ2v) is 5.28. The molecule has 4 nitrogen and oxygen atoms in total. The van der Waals surface area contributed by atoms with Crippen LogP contribution in [-0.2, 0) is 16.4 Å². The van der Waals surface area contributed by atoms with Crippen LogP contribution in [0.15, 0.2) is 23.1 Å². The average molecular weight is 225 g/mol. The van der Waals surface area contributed by atoms with Gasteiger partial charge < -0.3 is 0 Å². The van der Waals surface area contributed by atoms with E-state index in [-0.39, 0.29) is 10.7 Å². The molecule has 0 atom stereocenters. The van der Waals surface area contributed by atoms with Crippen molar-refractivity contribution in [1.29, 1.82) is 0 Å². The second-order valence-electron chi connectivity index (χ2n) is 3.42. The molecule has 1 aromatic rings. The van der Waals surface area contributed by atoms with Gasteiger partial charge in [0.05, 0.1) is 4.90 Å². The van der Waals surface area contributed by atoms with E-state index in [4.69, 9.17) is 0 Å². The smallest absolute Gasteiger partial charge is 0.241 e. The zero-order valence-electron chi connectivity index (χ0n) is 8.28. The lowest BCUT2D eigenvalue weighted by Gasteiger charge is -2.06. The SMILES string of the molecule is CNS(=O)(=O)c1cccc2c1C(=O)CC2. The fraction of sp³-hybridized carbons (Fsp3) is 0.300. The molecule has 0 fully saturated rings. The second kappa shape index (κ2) is 3.43. The van der Waals surface area contributed by atoms with Crippen molar-refractivity contribution in [3.63, 3.8) is 0 Å². The summed E-state index contributed by atoms with van der Waals surface area (Å²) in [5, 5.41) is 0. The number of nitrogens with one attached hydrogen (secondary N) is 1. The van der Waals surface area contributed by atoms with Gasteiger partial charge in [0.25, 0.3) is 0 Å². The van der Waals surface area contributed by atoms with Crippen LogP contribution in [0.4, 0.5) is 0 Å². The number of carbonyl (C=O) groups is 1. The van der Waals surface area contributed by atoms with Crippen LogP contribution >= 0.6 is 0 Å². The molecule has 2 rings (SSSR count). The largest absolute Gasteiger partial charge is 0.294 e. The zero-order valence-corrected chi connectivity index (χ0v) is 9.10. The van der Waals surface area contributed by atoms with E-state index in [2.05, 4.69) is 4.72 Å². The highest BCUT2D eigenvalue weighted by atomic mass is 32.2. The number of ketones is 1. The third-order valence-corrected chi connectivity index (χ3v) is 4.03. The summed E-state index contributed by atoms with van der Waals surface area (Å²) in [6, 6.07) is 4.93. The Bertz CT molecular complexity index is 519. The molecule has 0 saturated carbocycles. The Morgan fingerprint density at radius 2 is 2.00 bits per heavy atom. The first kappa shape index (κ1) is 10.3. The molecule has 1 N–H and O–H groups in total. The van der Waals surface area contributed by atoms with Gasteiger partial charge in [-0.25, -0.2) is 13.1 Å². The van der Waals surface area contributed by atoms with Crippen LogP contribution in [0, 0.1) is 0 Å². The van der Waals surface area contributed by atoms with Gasteiger partial charge in [0.1, 0.15) is 0 Å². The van der Waals surface area contributed by atoms with Gasteiger partial charge in [0.2, 0.25) is 10.0 Å². The molecular formula is C10H11NO3S. The summed E-state index contributed by atoms with van der Waals surface area (Å²) in [6.45, 7) is 0. The van der Waals surface area contributed by atoms with Crippen LogP contribution in [0.1, 0.15) is 22.3 Å². The summed E-state index contributed by atoms with van der Waals surface area (Å²) in [7, 11) is -2.19. The lowest BCUT2D eigenvalue weighted by molar-refractivity contribution is 0.0992. The molecule has 0 spiro atoms. The lowest BCUT2D eigenvalue weighted by atomic mass is 10.1. The van der Waals surface area contributed by atoms with Crippen molar-refractivity contribution >= 4 is 15.8 Å². The van der Waals surface area contributed by atoms with Crippen molar-refractivity contribution < 1.29 is 13.2 Å². The van der Waals surface area contributed by atoms with Crippen molar-refractivity contribution in [2.24, 2.45) is 0 Å². The maximum Gasteiger partial charge on any atom is 0.241 e. The average Bonchev–Trinajstić information content (AvgIpc) is 2.60. The van der Waals surface area contributed by atoms with E-state index in [1.807, 2.05) is 0 Å². The number of fused-ring (bicyclic) bond motifs is 1. The van der Waals surface area contributed by atoms with Crippen LogP contribution in [-0.4, -0.2) is 21.2 Å². The number of Topliss-reactive ketones (excluding diaryl/α,β-unsaturated/α-hetero) is 1. The summed E-state index contributed by atoms with van der Waals surface area (Å²) in [5.41, 5.74) is 1.20. The Hall–Kier alpha value is -1.20. The Kier molecular flexibility index (Phi) is 2.36. The van der Waals surface area contributed by atoms with Crippen LogP contribution in [0.25, 0.3) is 0 Å². The molecule has 1 aromatic carbocycles. The molecule has 0 saturated heterocycles. The molecule has 0 unspecified atom stereocenters. The van der Waals surface area contributed by atoms with Gasteiger partial charge >= 0.3 is 0 Å². The van der Waals surface area contributed by atoms with Crippen LogP contribution in [0.2, 0.25) is 0 Å². The van der Waals surface area contributed by atoms with Crippen molar-refractivity contribution in [3.8, 4) is 0 Å². The number of aryl methyl sites for hydroxylation is 1. The zero-order chi connectivity index (χ0) is 11.1. The van der Waals surface area contributed by atoms with E-state index in [0.29, 0.717) is 18.4 Å². The third-order valence-electron chi connectivity index (χ3n) is 2.57. The molecule has 1 aliphatic carbocycles. The predicted molar refractivity (Wildman–Crippen MR) is 55.3 cm³/mol. The van der Waals surface area contributed by atoms with Gasteiger partial charge in [0, 0.05) is 12.0 Å². The minimum atomic E-state index is -3.53. The first-order valence-electron chi connectivity index (χ1n) is 4.65. The first-order valence-corrected chi connectivity index (χ1v) is 6.13. The summed E-state index contributed by atoms with van der Waals surface area (Å²) >= 11 is 0. The van der Waals surface area contributed by atoms with Gasteiger partial charge in [-0.3, -0.25) is 4.79 Å². The molecule has 0 aromatic heterocycles. The topological polar surface area (TPSA) is 63.2 Å².